The zero-order valence-electron chi connectivity index (χ0n) is 26.9. The fraction of sp³-hybridized carbons (Fsp3) is 0.568. The van der Waals surface area contributed by atoms with Gasteiger partial charge < -0.3 is 14.5 Å². The highest BCUT2D eigenvalue weighted by Gasteiger charge is 2.51. The molecule has 238 valence electrons. The Morgan fingerprint density at radius 1 is 1.00 bits per heavy atom. The Bertz CT molecular complexity index is 1540. The summed E-state index contributed by atoms with van der Waals surface area (Å²) in [6, 6.07) is 10.9. The van der Waals surface area contributed by atoms with Crippen LogP contribution in [-0.4, -0.2) is 41.5 Å². The number of carbonyl (C=O) groups excluding carboxylic acids is 2. The number of oxazole rings is 1. The van der Waals surface area contributed by atoms with Gasteiger partial charge in [-0.2, -0.15) is 0 Å². The van der Waals surface area contributed by atoms with Gasteiger partial charge in [-0.1, -0.05) is 12.1 Å². The van der Waals surface area contributed by atoms with Gasteiger partial charge in [-0.25, -0.2) is 9.97 Å². The van der Waals surface area contributed by atoms with Crippen molar-refractivity contribution >= 4 is 17.6 Å². The van der Waals surface area contributed by atoms with Crippen LogP contribution in [0.1, 0.15) is 107 Å². The minimum atomic E-state index is -0.0704. The van der Waals surface area contributed by atoms with Gasteiger partial charge in [0.05, 0.1) is 7.11 Å². The number of carbonyl (C=O) groups is 2. The highest BCUT2D eigenvalue weighted by Crippen LogP contribution is 2.58. The molecular weight excluding hydrogens is 564 g/mol. The Hall–Kier alpha value is -3.68. The molecule has 0 spiro atoms. The quantitative estimate of drug-likeness (QED) is 0.274. The molecule has 1 aromatic carbocycles. The summed E-state index contributed by atoms with van der Waals surface area (Å²) in [6.45, 7) is 4.39. The fourth-order valence-electron chi connectivity index (χ4n) is 8.40. The summed E-state index contributed by atoms with van der Waals surface area (Å²) >= 11 is 0. The molecule has 5 aliphatic carbocycles. The summed E-state index contributed by atoms with van der Waals surface area (Å²) in [4.78, 5) is 37.7. The molecule has 8 heteroatoms. The lowest BCUT2D eigenvalue weighted by molar-refractivity contribution is -0.124. The maximum atomic E-state index is 14.5. The number of hydrogen-bond donors (Lipinski definition) is 1. The molecule has 5 aliphatic rings. The van der Waals surface area contributed by atoms with Gasteiger partial charge >= 0.3 is 0 Å². The van der Waals surface area contributed by atoms with Gasteiger partial charge in [0, 0.05) is 43.1 Å². The van der Waals surface area contributed by atoms with E-state index in [0.29, 0.717) is 18.3 Å². The molecule has 0 radical (unpaired) electrons. The average molecular weight is 611 g/mol. The number of rotatable bonds is 9. The molecule has 45 heavy (non-hydrogen) atoms. The molecule has 0 saturated heterocycles. The van der Waals surface area contributed by atoms with Gasteiger partial charge in [-0.3, -0.25) is 14.5 Å². The lowest BCUT2D eigenvalue weighted by Gasteiger charge is -2.55. The monoisotopic (exact) mass is 610 g/mol. The third kappa shape index (κ3) is 6.00. The Balaban J connectivity index is 1.13. The number of nitrogens with one attached hydrogen (secondary N) is 1. The zero-order valence-corrected chi connectivity index (χ0v) is 26.9. The van der Waals surface area contributed by atoms with Crippen molar-refractivity contribution in [3.63, 3.8) is 0 Å². The second-order valence-corrected chi connectivity index (χ2v) is 14.4. The largest absolute Gasteiger partial charge is 0.496 e. The van der Waals surface area contributed by atoms with E-state index in [1.54, 1.807) is 26.5 Å². The van der Waals surface area contributed by atoms with Crippen LogP contribution in [0.25, 0.3) is 11.3 Å². The van der Waals surface area contributed by atoms with Crippen LogP contribution in [0.2, 0.25) is 0 Å². The minimum absolute atomic E-state index is 0.000286. The topological polar surface area (TPSA) is 97.6 Å². The summed E-state index contributed by atoms with van der Waals surface area (Å²) in [6.07, 6.45) is 15.7. The number of fused-ring (bicyclic) bond motifs is 3. The van der Waals surface area contributed by atoms with Crippen molar-refractivity contribution in [2.45, 2.75) is 108 Å². The summed E-state index contributed by atoms with van der Waals surface area (Å²) < 4.78 is 11.3. The Kier molecular flexibility index (Phi) is 7.95. The van der Waals surface area contributed by atoms with E-state index in [4.69, 9.17) is 19.1 Å². The molecule has 2 aromatic heterocycles. The first kappa shape index (κ1) is 30.0. The molecular formula is C37H46N4O4. The maximum Gasteiger partial charge on any atom is 0.231 e. The number of aryl methyl sites for hydroxylation is 1. The second-order valence-electron chi connectivity index (χ2n) is 14.4. The molecule has 8 nitrogen and oxygen atoms in total. The van der Waals surface area contributed by atoms with Gasteiger partial charge in [0.1, 0.15) is 23.5 Å². The first-order valence-corrected chi connectivity index (χ1v) is 16.9. The molecule has 5 fully saturated rings. The first-order valence-electron chi connectivity index (χ1n) is 16.9. The normalized spacial score (nSPS) is 27.6. The predicted molar refractivity (Wildman–Crippen MR) is 173 cm³/mol. The number of amides is 2. The first-order chi connectivity index (χ1) is 21.8. The number of nitrogens with zero attached hydrogens (tertiary/aromatic N) is 3. The van der Waals surface area contributed by atoms with Gasteiger partial charge in [-0.05, 0) is 124 Å². The average Bonchev–Trinajstić information content (AvgIpc) is 3.80. The maximum absolute atomic E-state index is 14.5. The van der Waals surface area contributed by atoms with E-state index in [1.165, 1.54) is 11.1 Å². The number of anilines is 1. The number of benzene rings is 1. The van der Waals surface area contributed by atoms with E-state index in [-0.39, 0.29) is 34.6 Å². The molecule has 8 rings (SSSR count). The Labute approximate surface area is 266 Å². The fourth-order valence-corrected chi connectivity index (χ4v) is 8.40. The van der Waals surface area contributed by atoms with E-state index < -0.39 is 0 Å². The van der Waals surface area contributed by atoms with E-state index in [2.05, 4.69) is 30.4 Å². The third-order valence-electron chi connectivity index (χ3n) is 11.4. The minimum Gasteiger partial charge on any atom is -0.496 e. The van der Waals surface area contributed by atoms with E-state index in [9.17, 15) is 9.59 Å². The van der Waals surface area contributed by atoms with Crippen molar-refractivity contribution in [2.24, 2.45) is 11.3 Å². The molecule has 2 heterocycles. The molecule has 2 amide bonds. The van der Waals surface area contributed by atoms with Crippen LogP contribution in [-0.2, 0) is 15.0 Å². The highest BCUT2D eigenvalue weighted by atomic mass is 16.5. The van der Waals surface area contributed by atoms with Crippen LogP contribution in [0.15, 0.2) is 47.2 Å². The number of methoxy groups -OCH3 is 1. The summed E-state index contributed by atoms with van der Waals surface area (Å²) in [5.74, 6) is 3.00. The standard InChI is InChI=1S/C37H46N4O4/c1-24-20-29(8-11-32(24)44-3)37-16-13-36(14-17-37,15-18-37)23-41(35(43)27-6-9-30(10-7-27)39-25(2)42)33-21-28(12-19-38-33)31-22-45-34(40-31)26-4-5-26/h8,11-12,19-22,26-27,30H,4-7,9-10,13-18,23H2,1-3H3,(H,39,42)/t27-,30-,36?,37?. The molecule has 0 aliphatic heterocycles. The van der Waals surface area contributed by atoms with Crippen LogP contribution in [0.5, 0.6) is 5.75 Å². The molecule has 2 bridgehead atoms. The summed E-state index contributed by atoms with van der Waals surface area (Å²) in [5, 5.41) is 3.06. The van der Waals surface area contributed by atoms with Crippen LogP contribution < -0.4 is 15.0 Å². The van der Waals surface area contributed by atoms with Gasteiger partial charge in [0.2, 0.25) is 11.8 Å². The zero-order chi connectivity index (χ0) is 31.2. The van der Waals surface area contributed by atoms with Crippen molar-refractivity contribution in [3.05, 3.63) is 59.8 Å². The summed E-state index contributed by atoms with van der Waals surface area (Å²) in [7, 11) is 1.74. The molecule has 0 atom stereocenters. The third-order valence-corrected chi connectivity index (χ3v) is 11.4. The van der Waals surface area contributed by atoms with Crippen LogP contribution in [0.3, 0.4) is 0 Å². The Morgan fingerprint density at radius 2 is 1.73 bits per heavy atom. The van der Waals surface area contributed by atoms with Crippen molar-refractivity contribution in [1.82, 2.24) is 15.3 Å². The predicted octanol–water partition coefficient (Wildman–Crippen LogP) is 7.25. The van der Waals surface area contributed by atoms with Crippen molar-refractivity contribution in [3.8, 4) is 17.0 Å². The van der Waals surface area contributed by atoms with Gasteiger partial charge in [0.15, 0.2) is 5.89 Å². The second kappa shape index (κ2) is 11.9. The van der Waals surface area contributed by atoms with Crippen molar-refractivity contribution < 1.29 is 18.7 Å². The number of pyridine rings is 1. The summed E-state index contributed by atoms with van der Waals surface area (Å²) in [5.41, 5.74) is 4.65. The van der Waals surface area contributed by atoms with E-state index in [0.717, 1.165) is 99.9 Å². The number of aromatic nitrogens is 2. The number of hydrogen-bond acceptors (Lipinski definition) is 6. The SMILES string of the molecule is COc1ccc(C23CCC(CN(c4cc(-c5coc(C6CC6)n5)ccn4)C(=O)[C@H]4CC[C@H](NC(C)=O)CC4)(CC2)CC3)cc1C. The van der Waals surface area contributed by atoms with Gasteiger partial charge in [0.25, 0.3) is 0 Å². The molecule has 3 aromatic rings. The lowest BCUT2D eigenvalue weighted by Crippen LogP contribution is -2.52. The molecule has 1 N–H and O–H groups in total. The van der Waals surface area contributed by atoms with Crippen LogP contribution in [0.4, 0.5) is 5.82 Å². The molecule has 5 saturated carbocycles. The lowest BCUT2D eigenvalue weighted by atomic mass is 9.51. The molecule has 0 unspecified atom stereocenters. The van der Waals surface area contributed by atoms with Gasteiger partial charge in [-0.15, -0.1) is 0 Å². The van der Waals surface area contributed by atoms with E-state index >= 15 is 0 Å². The van der Waals surface area contributed by atoms with E-state index in [1.807, 2.05) is 17.0 Å². The van der Waals surface area contributed by atoms with Crippen molar-refractivity contribution in [2.75, 3.05) is 18.6 Å². The smallest absolute Gasteiger partial charge is 0.231 e. The highest BCUT2D eigenvalue weighted by molar-refractivity contribution is 5.95. The number of ether oxygens (including phenoxy) is 1. The Morgan fingerprint density at radius 3 is 2.38 bits per heavy atom. The van der Waals surface area contributed by atoms with Crippen LogP contribution in [0, 0.1) is 18.3 Å². The van der Waals surface area contributed by atoms with Crippen LogP contribution >= 0.6 is 0 Å². The van der Waals surface area contributed by atoms with Crippen molar-refractivity contribution in [1.29, 1.82) is 0 Å².